The van der Waals surface area contributed by atoms with Gasteiger partial charge in [-0.15, -0.1) is 11.3 Å². The molecule has 1 aromatic heterocycles. The third kappa shape index (κ3) is 3.54. The molecule has 0 unspecified atom stereocenters. The minimum Gasteiger partial charge on any atom is -0.297 e. The summed E-state index contributed by atoms with van der Waals surface area (Å²) >= 11 is 5.01. The summed E-state index contributed by atoms with van der Waals surface area (Å²) in [6, 6.07) is 1.99. The van der Waals surface area contributed by atoms with Gasteiger partial charge in [-0.1, -0.05) is 26.2 Å². The zero-order valence-corrected chi connectivity index (χ0v) is 10.8. The van der Waals surface area contributed by atoms with Gasteiger partial charge in [-0.3, -0.25) is 4.79 Å². The second-order valence-electron chi connectivity index (χ2n) is 3.38. The largest absolute Gasteiger partial charge is 0.297 e. The maximum Gasteiger partial charge on any atom is 0.160 e. The molecule has 0 atom stereocenters. The predicted molar refractivity (Wildman–Crippen MR) is 65.3 cm³/mol. The van der Waals surface area contributed by atoms with Crippen molar-refractivity contribution in [3.05, 3.63) is 20.3 Å². The first-order chi connectivity index (χ1) is 6.77. The first-order valence-corrected chi connectivity index (χ1v) is 6.62. The Morgan fingerprint density at radius 1 is 1.43 bits per heavy atom. The maximum atomic E-state index is 10.5. The minimum absolute atomic E-state index is 0.822. The van der Waals surface area contributed by atoms with Crippen LogP contribution in [0.5, 0.6) is 0 Å². The highest BCUT2D eigenvalue weighted by atomic mass is 79.9. The highest BCUT2D eigenvalue weighted by Gasteiger charge is 2.05. The van der Waals surface area contributed by atoms with Gasteiger partial charge in [-0.05, 0) is 40.4 Å². The van der Waals surface area contributed by atoms with Crippen molar-refractivity contribution in [2.24, 2.45) is 0 Å². The van der Waals surface area contributed by atoms with Crippen molar-refractivity contribution in [1.82, 2.24) is 0 Å². The van der Waals surface area contributed by atoms with E-state index in [1.807, 2.05) is 6.07 Å². The summed E-state index contributed by atoms with van der Waals surface area (Å²) < 4.78 is 1.12. The van der Waals surface area contributed by atoms with E-state index in [1.165, 1.54) is 42.6 Å². The molecule has 1 aromatic rings. The van der Waals surface area contributed by atoms with E-state index in [0.29, 0.717) is 0 Å². The molecule has 1 rings (SSSR count). The number of aldehydes is 1. The smallest absolute Gasteiger partial charge is 0.160 e. The minimum atomic E-state index is 0.822. The number of hydrogen-bond donors (Lipinski definition) is 0. The van der Waals surface area contributed by atoms with Gasteiger partial charge in [0.25, 0.3) is 0 Å². The number of hydrogen-bond acceptors (Lipinski definition) is 2. The van der Waals surface area contributed by atoms with Crippen LogP contribution >= 0.6 is 27.3 Å². The van der Waals surface area contributed by atoms with Gasteiger partial charge in [0.2, 0.25) is 0 Å². The van der Waals surface area contributed by atoms with Crippen molar-refractivity contribution in [1.29, 1.82) is 0 Å². The van der Waals surface area contributed by atoms with Crippen LogP contribution < -0.4 is 0 Å². The lowest BCUT2D eigenvalue weighted by molar-refractivity contribution is 0.112. The van der Waals surface area contributed by atoms with Gasteiger partial charge in [-0.25, -0.2) is 0 Å². The van der Waals surface area contributed by atoms with E-state index in [-0.39, 0.29) is 0 Å². The Labute approximate surface area is 97.7 Å². The molecule has 1 heterocycles. The van der Waals surface area contributed by atoms with Crippen LogP contribution in [0.15, 0.2) is 9.85 Å². The maximum absolute atomic E-state index is 10.5. The average molecular weight is 275 g/mol. The highest BCUT2D eigenvalue weighted by molar-refractivity contribution is 9.11. The molecule has 0 aliphatic carbocycles. The number of aryl methyl sites for hydroxylation is 1. The van der Waals surface area contributed by atoms with Crippen LogP contribution in [0.25, 0.3) is 0 Å². The molecule has 78 valence electrons. The van der Waals surface area contributed by atoms with Gasteiger partial charge in [0, 0.05) is 0 Å². The molecule has 0 spiro atoms. The lowest BCUT2D eigenvalue weighted by Gasteiger charge is -1.98. The molecule has 0 aliphatic rings. The molecule has 0 bridgehead atoms. The van der Waals surface area contributed by atoms with E-state index in [2.05, 4.69) is 22.9 Å². The van der Waals surface area contributed by atoms with Crippen molar-refractivity contribution < 1.29 is 4.79 Å². The Bertz CT molecular complexity index is 293. The fourth-order valence-electron chi connectivity index (χ4n) is 1.40. The Hall–Kier alpha value is -0.150. The summed E-state index contributed by atoms with van der Waals surface area (Å²) in [5.41, 5.74) is 1.29. The highest BCUT2D eigenvalue weighted by Crippen LogP contribution is 2.28. The molecule has 0 saturated carbocycles. The monoisotopic (exact) mass is 274 g/mol. The van der Waals surface area contributed by atoms with E-state index < -0.39 is 0 Å². The van der Waals surface area contributed by atoms with Crippen molar-refractivity contribution in [2.75, 3.05) is 0 Å². The van der Waals surface area contributed by atoms with Crippen LogP contribution in [-0.4, -0.2) is 6.29 Å². The fourth-order valence-corrected chi connectivity index (χ4v) is 3.02. The molecule has 0 fully saturated rings. The van der Waals surface area contributed by atoms with E-state index in [1.54, 1.807) is 0 Å². The van der Waals surface area contributed by atoms with Gasteiger partial charge in [0.05, 0.1) is 8.66 Å². The number of carbonyl (C=O) groups is 1. The average Bonchev–Trinajstić information content (AvgIpc) is 2.54. The van der Waals surface area contributed by atoms with Crippen molar-refractivity contribution in [2.45, 2.75) is 39.0 Å². The first kappa shape index (κ1) is 11.9. The van der Waals surface area contributed by atoms with Crippen LogP contribution in [0.3, 0.4) is 0 Å². The third-order valence-electron chi connectivity index (χ3n) is 2.19. The van der Waals surface area contributed by atoms with Crippen LogP contribution in [0.4, 0.5) is 0 Å². The predicted octanol–water partition coefficient (Wildman–Crippen LogP) is 4.45. The summed E-state index contributed by atoms with van der Waals surface area (Å²) in [7, 11) is 0. The van der Waals surface area contributed by atoms with Crippen molar-refractivity contribution in [3.63, 3.8) is 0 Å². The Morgan fingerprint density at radius 2 is 2.21 bits per heavy atom. The number of carbonyl (C=O) groups excluding carboxylic acids is 1. The van der Waals surface area contributed by atoms with Crippen LogP contribution in [-0.2, 0) is 6.42 Å². The topological polar surface area (TPSA) is 17.1 Å². The molecule has 14 heavy (non-hydrogen) atoms. The Kier molecular flexibility index (Phi) is 5.41. The summed E-state index contributed by atoms with van der Waals surface area (Å²) in [4.78, 5) is 11.4. The molecule has 0 saturated heterocycles. The lowest BCUT2D eigenvalue weighted by Crippen LogP contribution is -1.83. The van der Waals surface area contributed by atoms with Crippen molar-refractivity contribution in [3.8, 4) is 0 Å². The summed E-state index contributed by atoms with van der Waals surface area (Å²) in [5.74, 6) is 0. The first-order valence-electron chi connectivity index (χ1n) is 5.01. The zero-order valence-electron chi connectivity index (χ0n) is 8.38. The lowest BCUT2D eigenvalue weighted by atomic mass is 10.1. The number of halogens is 1. The standard InChI is InChI=1S/C11H15BrOS/c1-2-3-4-5-6-9-7-10(8-13)14-11(9)12/h7-8H,2-6H2,1H3. The molecule has 1 nitrogen and oxygen atoms in total. The molecular formula is C11H15BrOS. The van der Waals surface area contributed by atoms with Gasteiger partial charge < -0.3 is 0 Å². The molecular weight excluding hydrogens is 260 g/mol. The SMILES string of the molecule is CCCCCCc1cc(C=O)sc1Br. The van der Waals surface area contributed by atoms with Gasteiger partial charge in [-0.2, -0.15) is 0 Å². The van der Waals surface area contributed by atoms with Crippen molar-refractivity contribution >= 4 is 33.6 Å². The molecule has 0 N–H and O–H groups in total. The van der Waals surface area contributed by atoms with Crippen LogP contribution in [0.2, 0.25) is 0 Å². The fraction of sp³-hybridized carbons (Fsp3) is 0.545. The molecule has 0 amide bonds. The third-order valence-corrected chi connectivity index (χ3v) is 4.08. The second-order valence-corrected chi connectivity index (χ2v) is 5.78. The van der Waals surface area contributed by atoms with E-state index in [0.717, 1.165) is 21.4 Å². The van der Waals surface area contributed by atoms with E-state index >= 15 is 0 Å². The normalized spacial score (nSPS) is 10.4. The molecule has 3 heteroatoms. The van der Waals surface area contributed by atoms with Crippen LogP contribution in [0.1, 0.15) is 47.8 Å². The molecule has 0 aromatic carbocycles. The zero-order chi connectivity index (χ0) is 10.4. The molecule has 0 radical (unpaired) electrons. The number of unbranched alkanes of at least 4 members (excludes halogenated alkanes) is 3. The number of rotatable bonds is 6. The van der Waals surface area contributed by atoms with Crippen LogP contribution in [0, 0.1) is 0 Å². The Morgan fingerprint density at radius 3 is 2.79 bits per heavy atom. The second kappa shape index (κ2) is 6.36. The number of thiophene rings is 1. The summed E-state index contributed by atoms with van der Waals surface area (Å²) in [5, 5.41) is 0. The Balaban J connectivity index is 2.41. The summed E-state index contributed by atoms with van der Waals surface area (Å²) in [6.45, 7) is 2.21. The van der Waals surface area contributed by atoms with Gasteiger partial charge in [0.15, 0.2) is 6.29 Å². The van der Waals surface area contributed by atoms with Gasteiger partial charge >= 0.3 is 0 Å². The van der Waals surface area contributed by atoms with Gasteiger partial charge in [0.1, 0.15) is 0 Å². The quantitative estimate of drug-likeness (QED) is 0.554. The summed E-state index contributed by atoms with van der Waals surface area (Å²) in [6.07, 6.45) is 7.10. The molecule has 0 aliphatic heterocycles. The van der Waals surface area contributed by atoms with E-state index in [9.17, 15) is 4.79 Å². The van der Waals surface area contributed by atoms with E-state index in [4.69, 9.17) is 0 Å².